The number of rotatable bonds is 1. The molecule has 6 unspecified atom stereocenters. The highest BCUT2D eigenvalue weighted by molar-refractivity contribution is 5.05. The molecule has 0 N–H and O–H groups in total. The van der Waals surface area contributed by atoms with Crippen LogP contribution in [0.2, 0.25) is 0 Å². The number of hydrogen-bond donors (Lipinski definition) is 0. The Bertz CT molecular complexity index is 355. The maximum Gasteiger partial charge on any atom is -0.0261 e. The standard InChI is InChI=1S/C20H36/c1-6-15-14(2)8-10-17-16(15)9-11-18-19(3,4)12-7-13-20(17,18)5/h14-18H,6-13H2,1-5H3. The molecule has 0 nitrogen and oxygen atoms in total. The maximum absolute atomic E-state index is 2.69. The third-order valence-corrected chi connectivity index (χ3v) is 8.11. The van der Waals surface area contributed by atoms with Gasteiger partial charge in [0.2, 0.25) is 0 Å². The van der Waals surface area contributed by atoms with E-state index in [-0.39, 0.29) is 0 Å². The first-order chi connectivity index (χ1) is 9.40. The van der Waals surface area contributed by atoms with Gasteiger partial charge in [0.05, 0.1) is 0 Å². The van der Waals surface area contributed by atoms with Gasteiger partial charge in [-0.2, -0.15) is 0 Å². The average Bonchev–Trinajstić information content (AvgIpc) is 2.37. The SMILES string of the molecule is CCC1C(C)CCC2C1CCC1C(C)(C)CCCC21C. The zero-order valence-corrected chi connectivity index (χ0v) is 14.5. The molecule has 0 radical (unpaired) electrons. The van der Waals surface area contributed by atoms with Crippen LogP contribution in [0.15, 0.2) is 0 Å². The summed E-state index contributed by atoms with van der Waals surface area (Å²) >= 11 is 0. The topological polar surface area (TPSA) is 0 Å². The van der Waals surface area contributed by atoms with Crippen LogP contribution in [0.3, 0.4) is 0 Å². The molecule has 3 aliphatic carbocycles. The minimum Gasteiger partial charge on any atom is -0.0651 e. The lowest BCUT2D eigenvalue weighted by Crippen LogP contribution is -2.54. The Labute approximate surface area is 127 Å². The van der Waals surface area contributed by atoms with Crippen molar-refractivity contribution in [3.8, 4) is 0 Å². The Morgan fingerprint density at radius 3 is 2.40 bits per heavy atom. The molecule has 0 aromatic rings. The second kappa shape index (κ2) is 5.03. The van der Waals surface area contributed by atoms with Gasteiger partial charge in [-0.3, -0.25) is 0 Å². The molecule has 0 heteroatoms. The Balaban J connectivity index is 1.90. The predicted octanol–water partition coefficient (Wildman–Crippen LogP) is 6.30. The minimum absolute atomic E-state index is 0.600. The van der Waals surface area contributed by atoms with Crippen LogP contribution in [0.1, 0.15) is 86.0 Å². The Morgan fingerprint density at radius 2 is 1.70 bits per heavy atom. The van der Waals surface area contributed by atoms with Crippen LogP contribution in [-0.4, -0.2) is 0 Å². The summed E-state index contributed by atoms with van der Waals surface area (Å²) in [5.74, 6) is 5.10. The second-order valence-corrected chi connectivity index (χ2v) is 9.37. The van der Waals surface area contributed by atoms with E-state index in [9.17, 15) is 0 Å². The van der Waals surface area contributed by atoms with Crippen molar-refractivity contribution in [1.82, 2.24) is 0 Å². The summed E-state index contributed by atoms with van der Waals surface area (Å²) in [6, 6.07) is 0. The van der Waals surface area contributed by atoms with E-state index >= 15 is 0 Å². The highest BCUT2D eigenvalue weighted by Gasteiger charge is 2.56. The third-order valence-electron chi connectivity index (χ3n) is 8.11. The second-order valence-electron chi connectivity index (χ2n) is 9.37. The largest absolute Gasteiger partial charge is 0.0651 e. The van der Waals surface area contributed by atoms with Crippen LogP contribution in [0.4, 0.5) is 0 Å². The van der Waals surface area contributed by atoms with Crippen LogP contribution >= 0.6 is 0 Å². The zero-order valence-electron chi connectivity index (χ0n) is 14.5. The predicted molar refractivity (Wildman–Crippen MR) is 87.6 cm³/mol. The summed E-state index contributed by atoms with van der Waals surface area (Å²) in [5.41, 5.74) is 1.26. The quantitative estimate of drug-likeness (QED) is 0.527. The number of fused-ring (bicyclic) bond motifs is 3. The highest BCUT2D eigenvalue weighted by Crippen LogP contribution is 2.65. The van der Waals surface area contributed by atoms with E-state index in [1.165, 1.54) is 51.4 Å². The van der Waals surface area contributed by atoms with E-state index in [0.29, 0.717) is 10.8 Å². The van der Waals surface area contributed by atoms with Crippen LogP contribution in [0.5, 0.6) is 0 Å². The van der Waals surface area contributed by atoms with Crippen molar-refractivity contribution >= 4 is 0 Å². The Kier molecular flexibility index (Phi) is 3.75. The maximum atomic E-state index is 2.69. The molecule has 116 valence electrons. The lowest BCUT2D eigenvalue weighted by molar-refractivity contribution is -0.130. The van der Waals surface area contributed by atoms with Crippen LogP contribution < -0.4 is 0 Å². The molecule has 0 saturated heterocycles. The van der Waals surface area contributed by atoms with Gasteiger partial charge in [-0.25, -0.2) is 0 Å². The van der Waals surface area contributed by atoms with Gasteiger partial charge in [-0.15, -0.1) is 0 Å². The molecule has 3 aliphatic rings. The summed E-state index contributed by atoms with van der Waals surface area (Å²) in [6.45, 7) is 12.8. The van der Waals surface area contributed by atoms with Crippen LogP contribution in [0, 0.1) is 40.4 Å². The summed E-state index contributed by atoms with van der Waals surface area (Å²) in [5, 5.41) is 0. The van der Waals surface area contributed by atoms with Crippen molar-refractivity contribution in [2.45, 2.75) is 86.0 Å². The van der Waals surface area contributed by atoms with E-state index in [4.69, 9.17) is 0 Å². The first-order valence-electron chi connectivity index (χ1n) is 9.40. The van der Waals surface area contributed by atoms with Gasteiger partial charge < -0.3 is 0 Å². The number of hydrogen-bond acceptors (Lipinski definition) is 0. The van der Waals surface area contributed by atoms with Crippen LogP contribution in [-0.2, 0) is 0 Å². The first kappa shape index (κ1) is 14.9. The fourth-order valence-corrected chi connectivity index (χ4v) is 7.22. The van der Waals surface area contributed by atoms with Crippen molar-refractivity contribution in [3.05, 3.63) is 0 Å². The summed E-state index contributed by atoms with van der Waals surface area (Å²) in [6.07, 6.45) is 12.0. The van der Waals surface area contributed by atoms with Gasteiger partial charge in [0, 0.05) is 0 Å². The van der Waals surface area contributed by atoms with Gasteiger partial charge in [0.25, 0.3) is 0 Å². The van der Waals surface area contributed by atoms with Gasteiger partial charge in [0.1, 0.15) is 0 Å². The van der Waals surface area contributed by atoms with Crippen molar-refractivity contribution in [2.24, 2.45) is 40.4 Å². The van der Waals surface area contributed by atoms with Gasteiger partial charge in [-0.05, 0) is 72.5 Å². The van der Waals surface area contributed by atoms with Gasteiger partial charge in [0.15, 0.2) is 0 Å². The van der Waals surface area contributed by atoms with Crippen molar-refractivity contribution < 1.29 is 0 Å². The molecular formula is C20H36. The third kappa shape index (κ3) is 2.08. The van der Waals surface area contributed by atoms with Crippen molar-refractivity contribution in [2.75, 3.05) is 0 Å². The molecule has 3 saturated carbocycles. The molecule has 0 heterocycles. The molecule has 3 fully saturated rings. The average molecular weight is 277 g/mol. The van der Waals surface area contributed by atoms with E-state index < -0.39 is 0 Å². The molecule has 0 spiro atoms. The Morgan fingerprint density at radius 1 is 0.950 bits per heavy atom. The summed E-state index contributed by atoms with van der Waals surface area (Å²) < 4.78 is 0. The molecule has 3 rings (SSSR count). The Hall–Kier alpha value is 0. The normalized spacial score (nSPS) is 51.1. The monoisotopic (exact) mass is 276 g/mol. The molecular weight excluding hydrogens is 240 g/mol. The van der Waals surface area contributed by atoms with E-state index in [1.54, 1.807) is 0 Å². The molecule has 6 atom stereocenters. The molecule has 0 aromatic heterocycles. The summed E-state index contributed by atoms with van der Waals surface area (Å²) in [7, 11) is 0. The fraction of sp³-hybridized carbons (Fsp3) is 1.00. The van der Waals surface area contributed by atoms with Gasteiger partial charge in [-0.1, -0.05) is 53.9 Å². The summed E-state index contributed by atoms with van der Waals surface area (Å²) in [4.78, 5) is 0. The molecule has 0 aromatic carbocycles. The highest BCUT2D eigenvalue weighted by atomic mass is 14.6. The first-order valence-corrected chi connectivity index (χ1v) is 9.40. The van der Waals surface area contributed by atoms with E-state index in [0.717, 1.165) is 29.6 Å². The lowest BCUT2D eigenvalue weighted by atomic mass is 9.43. The smallest absolute Gasteiger partial charge is 0.0261 e. The molecule has 0 amide bonds. The van der Waals surface area contributed by atoms with E-state index in [2.05, 4.69) is 34.6 Å². The zero-order chi connectivity index (χ0) is 14.5. The van der Waals surface area contributed by atoms with E-state index in [1.807, 2.05) is 0 Å². The lowest BCUT2D eigenvalue weighted by Gasteiger charge is -2.62. The molecule has 20 heavy (non-hydrogen) atoms. The minimum atomic E-state index is 0.600. The molecule has 0 bridgehead atoms. The van der Waals surface area contributed by atoms with Crippen molar-refractivity contribution in [3.63, 3.8) is 0 Å². The fourth-order valence-electron chi connectivity index (χ4n) is 7.22. The molecule has 0 aliphatic heterocycles. The van der Waals surface area contributed by atoms with Gasteiger partial charge >= 0.3 is 0 Å². The van der Waals surface area contributed by atoms with Crippen molar-refractivity contribution in [1.29, 1.82) is 0 Å². The van der Waals surface area contributed by atoms with Crippen LogP contribution in [0.25, 0.3) is 0 Å².